The third-order valence-electron chi connectivity index (χ3n) is 12.4. The Hall–Kier alpha value is -7.54. The van der Waals surface area contributed by atoms with Gasteiger partial charge in [0.1, 0.15) is 0 Å². The third kappa shape index (κ3) is 5.09. The van der Waals surface area contributed by atoms with Crippen molar-refractivity contribution in [2.75, 3.05) is 0 Å². The molecular weight excluding hydrogens is 697 g/mol. The highest BCUT2D eigenvalue weighted by Crippen LogP contribution is 2.44. The highest BCUT2D eigenvalue weighted by molar-refractivity contribution is 6.25. The van der Waals surface area contributed by atoms with E-state index in [4.69, 9.17) is 0 Å². The molecule has 12 rings (SSSR count). The quantitative estimate of drug-likeness (QED) is 0.158. The smallest absolute Gasteiger partial charge is 0.00923 e. The first kappa shape index (κ1) is 32.7. The van der Waals surface area contributed by atoms with E-state index in [1.807, 2.05) is 0 Å². The Balaban J connectivity index is 1.07. The van der Waals surface area contributed by atoms with Gasteiger partial charge in [-0.2, -0.15) is 0 Å². The Labute approximate surface area is 336 Å². The van der Waals surface area contributed by atoms with Gasteiger partial charge in [-0.15, -0.1) is 0 Å². The standard InChI is InChI=1S/C58H36/c1-3-15-38(16-4-1)51-33-55-49-25-13-9-21-45(49)53(35-57(55)47-23-11-7-19-43(47)51)40-29-27-37-28-30-41(32-42(37)31-40)54-36-58-48-24-12-8-20-44(48)52(39-17-5-2-6-18-39)34-56(58)50-26-14-10-22-46(50)54/h1-36H. The van der Waals surface area contributed by atoms with Gasteiger partial charge in [0.2, 0.25) is 0 Å². The molecule has 0 heteroatoms. The van der Waals surface area contributed by atoms with E-state index in [0.717, 1.165) is 0 Å². The summed E-state index contributed by atoms with van der Waals surface area (Å²) in [6.45, 7) is 0. The van der Waals surface area contributed by atoms with E-state index >= 15 is 0 Å². The molecule has 12 aromatic carbocycles. The summed E-state index contributed by atoms with van der Waals surface area (Å²) in [6, 6.07) is 80.9. The van der Waals surface area contributed by atoms with Crippen LogP contribution >= 0.6 is 0 Å². The predicted octanol–water partition coefficient (Wildman–Crippen LogP) is 16.4. The summed E-state index contributed by atoms with van der Waals surface area (Å²) >= 11 is 0. The van der Waals surface area contributed by atoms with Crippen LogP contribution in [0.3, 0.4) is 0 Å². The van der Waals surface area contributed by atoms with Crippen molar-refractivity contribution in [3.63, 3.8) is 0 Å². The van der Waals surface area contributed by atoms with Crippen molar-refractivity contribution in [2.24, 2.45) is 0 Å². The predicted molar refractivity (Wildman–Crippen MR) is 251 cm³/mol. The maximum Gasteiger partial charge on any atom is -0.00923 e. The van der Waals surface area contributed by atoms with Gasteiger partial charge in [0.15, 0.2) is 0 Å². The number of hydrogen-bond acceptors (Lipinski definition) is 0. The summed E-state index contributed by atoms with van der Waals surface area (Å²) in [5.74, 6) is 0. The zero-order valence-electron chi connectivity index (χ0n) is 31.8. The zero-order chi connectivity index (χ0) is 38.2. The number of benzene rings is 12. The monoisotopic (exact) mass is 732 g/mol. The Kier molecular flexibility index (Phi) is 7.33. The fourth-order valence-corrected chi connectivity index (χ4v) is 9.67. The van der Waals surface area contributed by atoms with Crippen molar-refractivity contribution in [1.29, 1.82) is 0 Å². The van der Waals surface area contributed by atoms with E-state index in [1.54, 1.807) is 0 Å². The molecule has 0 fully saturated rings. The first-order valence-electron chi connectivity index (χ1n) is 20.2. The second kappa shape index (κ2) is 13.0. The van der Waals surface area contributed by atoms with Gasteiger partial charge in [0.05, 0.1) is 0 Å². The molecule has 0 aromatic heterocycles. The van der Waals surface area contributed by atoms with E-state index in [9.17, 15) is 0 Å². The lowest BCUT2D eigenvalue weighted by atomic mass is 9.86. The van der Waals surface area contributed by atoms with Crippen LogP contribution in [0.4, 0.5) is 0 Å². The van der Waals surface area contributed by atoms with Gasteiger partial charge < -0.3 is 0 Å². The highest BCUT2D eigenvalue weighted by Gasteiger charge is 2.17. The van der Waals surface area contributed by atoms with Crippen LogP contribution in [0.15, 0.2) is 218 Å². The Morgan fingerprint density at radius 1 is 0.155 bits per heavy atom. The minimum atomic E-state index is 1.22. The normalized spacial score (nSPS) is 11.8. The second-order valence-electron chi connectivity index (χ2n) is 15.6. The van der Waals surface area contributed by atoms with Crippen LogP contribution in [-0.4, -0.2) is 0 Å². The summed E-state index contributed by atoms with van der Waals surface area (Å²) in [7, 11) is 0. The maximum atomic E-state index is 2.44. The summed E-state index contributed by atoms with van der Waals surface area (Å²) < 4.78 is 0. The van der Waals surface area contributed by atoms with Crippen molar-refractivity contribution in [2.45, 2.75) is 0 Å². The lowest BCUT2D eigenvalue weighted by Gasteiger charge is -2.17. The lowest BCUT2D eigenvalue weighted by Crippen LogP contribution is -1.90. The van der Waals surface area contributed by atoms with Crippen LogP contribution in [-0.2, 0) is 0 Å². The van der Waals surface area contributed by atoms with Gasteiger partial charge >= 0.3 is 0 Å². The molecule has 0 N–H and O–H groups in total. The Bertz CT molecular complexity index is 3360. The second-order valence-corrected chi connectivity index (χ2v) is 15.6. The molecule has 0 saturated heterocycles. The molecule has 0 heterocycles. The van der Waals surface area contributed by atoms with Crippen LogP contribution in [0.25, 0.3) is 120 Å². The largest absolute Gasteiger partial charge is 0.0622 e. The Morgan fingerprint density at radius 3 is 0.759 bits per heavy atom. The highest BCUT2D eigenvalue weighted by atomic mass is 14.2. The number of fused-ring (bicyclic) bond motifs is 11. The molecule has 0 amide bonds. The van der Waals surface area contributed by atoms with E-state index < -0.39 is 0 Å². The molecule has 0 aliphatic carbocycles. The minimum Gasteiger partial charge on any atom is -0.0622 e. The fraction of sp³-hybridized carbons (Fsp3) is 0. The van der Waals surface area contributed by atoms with Gasteiger partial charge in [0.25, 0.3) is 0 Å². The van der Waals surface area contributed by atoms with Gasteiger partial charge in [-0.05, 0) is 156 Å². The molecule has 0 spiro atoms. The SMILES string of the molecule is c1ccc(-c2cc3c4ccccc4c(-c4ccc5ccc(-c6cc7c8ccccc8c(-c8ccccc8)cc7c7ccccc67)cc5c4)cc3c3ccccc23)cc1. The molecule has 0 aliphatic heterocycles. The molecular formula is C58H36. The average molecular weight is 733 g/mol. The molecule has 0 aliphatic rings. The van der Waals surface area contributed by atoms with Crippen LogP contribution in [0.5, 0.6) is 0 Å². The number of hydrogen-bond donors (Lipinski definition) is 0. The number of rotatable bonds is 4. The first-order valence-corrected chi connectivity index (χ1v) is 20.2. The van der Waals surface area contributed by atoms with Crippen molar-refractivity contribution in [3.05, 3.63) is 218 Å². The van der Waals surface area contributed by atoms with Gasteiger partial charge in [0, 0.05) is 0 Å². The molecule has 0 nitrogen and oxygen atoms in total. The molecule has 0 saturated carbocycles. The van der Waals surface area contributed by atoms with E-state index in [1.165, 1.54) is 120 Å². The lowest BCUT2D eigenvalue weighted by molar-refractivity contribution is 1.66. The topological polar surface area (TPSA) is 0 Å². The summed E-state index contributed by atoms with van der Waals surface area (Å²) in [6.07, 6.45) is 0. The molecule has 0 atom stereocenters. The molecule has 58 heavy (non-hydrogen) atoms. The first-order chi connectivity index (χ1) is 28.8. The van der Waals surface area contributed by atoms with E-state index in [2.05, 4.69) is 218 Å². The molecule has 12 aromatic rings. The molecule has 268 valence electrons. The summed E-state index contributed by atoms with van der Waals surface area (Å²) in [4.78, 5) is 0. The van der Waals surface area contributed by atoms with E-state index in [-0.39, 0.29) is 0 Å². The van der Waals surface area contributed by atoms with Crippen LogP contribution < -0.4 is 0 Å². The van der Waals surface area contributed by atoms with E-state index in [0.29, 0.717) is 0 Å². The average Bonchev–Trinajstić information content (AvgIpc) is 3.30. The Morgan fingerprint density at radius 2 is 0.431 bits per heavy atom. The van der Waals surface area contributed by atoms with Gasteiger partial charge in [-0.25, -0.2) is 0 Å². The molecule has 0 unspecified atom stereocenters. The van der Waals surface area contributed by atoms with Gasteiger partial charge in [-0.1, -0.05) is 182 Å². The van der Waals surface area contributed by atoms with Gasteiger partial charge in [-0.3, -0.25) is 0 Å². The van der Waals surface area contributed by atoms with Crippen molar-refractivity contribution < 1.29 is 0 Å². The van der Waals surface area contributed by atoms with Crippen LogP contribution in [0.1, 0.15) is 0 Å². The van der Waals surface area contributed by atoms with Crippen molar-refractivity contribution >= 4 is 75.4 Å². The fourth-order valence-electron chi connectivity index (χ4n) is 9.67. The third-order valence-corrected chi connectivity index (χ3v) is 12.4. The molecule has 0 radical (unpaired) electrons. The zero-order valence-corrected chi connectivity index (χ0v) is 31.8. The van der Waals surface area contributed by atoms with Crippen LogP contribution in [0.2, 0.25) is 0 Å². The van der Waals surface area contributed by atoms with Crippen molar-refractivity contribution in [1.82, 2.24) is 0 Å². The van der Waals surface area contributed by atoms with Crippen LogP contribution in [0, 0.1) is 0 Å². The van der Waals surface area contributed by atoms with Crippen molar-refractivity contribution in [3.8, 4) is 44.5 Å². The summed E-state index contributed by atoms with van der Waals surface area (Å²) in [5, 5.41) is 17.8. The minimum absolute atomic E-state index is 1.22. The maximum absolute atomic E-state index is 2.44. The molecule has 0 bridgehead atoms. The summed E-state index contributed by atoms with van der Waals surface area (Å²) in [5.41, 5.74) is 9.97.